The van der Waals surface area contributed by atoms with Gasteiger partial charge in [0.05, 0.1) is 0 Å². The lowest BCUT2D eigenvalue weighted by atomic mass is 9.78. The maximum absolute atomic E-state index is 13.1. The van der Waals surface area contributed by atoms with Crippen LogP contribution in [0.25, 0.3) is 0 Å². The molecule has 0 unspecified atom stereocenters. The SMILES string of the molecule is CN1CCN(S(=O)(=O)N2C[C@H](CCCB(O)O)[C@](N)(C(=O)O)C2)[C@@H]2C[C@@H]21. The Balaban J connectivity index is 1.73. The summed E-state index contributed by atoms with van der Waals surface area (Å²) in [6, 6.07) is 0.199. The fourth-order valence-electron chi connectivity index (χ4n) is 4.18. The van der Waals surface area contributed by atoms with Crippen molar-refractivity contribution in [3.05, 3.63) is 0 Å². The van der Waals surface area contributed by atoms with E-state index in [0.717, 1.165) is 6.42 Å². The molecule has 3 rings (SSSR count). The first-order chi connectivity index (χ1) is 12.1. The third-order valence-corrected chi connectivity index (χ3v) is 7.94. The summed E-state index contributed by atoms with van der Waals surface area (Å²) in [5.41, 5.74) is 4.43. The molecule has 10 nitrogen and oxygen atoms in total. The maximum atomic E-state index is 13.1. The molecular weight excluding hydrogens is 363 g/mol. The van der Waals surface area contributed by atoms with Crippen LogP contribution in [0.1, 0.15) is 19.3 Å². The second-order valence-corrected chi connectivity index (χ2v) is 9.60. The first kappa shape index (κ1) is 20.0. The highest BCUT2D eigenvalue weighted by molar-refractivity contribution is 7.86. The van der Waals surface area contributed by atoms with Crippen molar-refractivity contribution in [2.24, 2.45) is 11.7 Å². The van der Waals surface area contributed by atoms with E-state index in [0.29, 0.717) is 25.9 Å². The Morgan fingerprint density at radius 1 is 1.31 bits per heavy atom. The summed E-state index contributed by atoms with van der Waals surface area (Å²) in [5.74, 6) is -1.80. The highest BCUT2D eigenvalue weighted by Gasteiger charge is 2.57. The molecule has 0 spiro atoms. The Hall–Kier alpha value is -0.755. The van der Waals surface area contributed by atoms with Crippen molar-refractivity contribution in [1.29, 1.82) is 0 Å². The van der Waals surface area contributed by atoms with Crippen LogP contribution >= 0.6 is 0 Å². The molecule has 0 amide bonds. The molecule has 2 aliphatic heterocycles. The van der Waals surface area contributed by atoms with Crippen LogP contribution < -0.4 is 5.73 Å². The Morgan fingerprint density at radius 3 is 2.62 bits per heavy atom. The normalized spacial score (nSPS) is 36.1. The lowest BCUT2D eigenvalue weighted by Crippen LogP contribution is -2.56. The highest BCUT2D eigenvalue weighted by Crippen LogP contribution is 2.40. The van der Waals surface area contributed by atoms with Gasteiger partial charge in [-0.25, -0.2) is 0 Å². The largest absolute Gasteiger partial charge is 0.480 e. The van der Waals surface area contributed by atoms with Crippen LogP contribution in [0.4, 0.5) is 0 Å². The van der Waals surface area contributed by atoms with Gasteiger partial charge in [-0.15, -0.1) is 0 Å². The number of nitrogens with two attached hydrogens (primary N) is 1. The molecule has 2 saturated heterocycles. The summed E-state index contributed by atoms with van der Waals surface area (Å²) in [5, 5.41) is 27.5. The average molecular weight is 390 g/mol. The third-order valence-electron chi connectivity index (χ3n) is 5.96. The van der Waals surface area contributed by atoms with E-state index >= 15 is 0 Å². The number of hydrogen-bond acceptors (Lipinski definition) is 7. The Morgan fingerprint density at radius 2 is 2.00 bits per heavy atom. The number of piperazine rings is 1. The summed E-state index contributed by atoms with van der Waals surface area (Å²) in [4.78, 5) is 13.9. The van der Waals surface area contributed by atoms with Crippen molar-refractivity contribution in [3.63, 3.8) is 0 Å². The van der Waals surface area contributed by atoms with E-state index < -0.39 is 34.8 Å². The van der Waals surface area contributed by atoms with Crippen LogP contribution in [0.5, 0.6) is 0 Å². The molecule has 2 heterocycles. The van der Waals surface area contributed by atoms with Crippen molar-refractivity contribution < 1.29 is 28.4 Å². The van der Waals surface area contributed by atoms with Gasteiger partial charge in [0.1, 0.15) is 5.54 Å². The zero-order chi connectivity index (χ0) is 19.3. The molecule has 0 radical (unpaired) electrons. The minimum atomic E-state index is -3.77. The van der Waals surface area contributed by atoms with E-state index in [-0.39, 0.29) is 31.5 Å². The summed E-state index contributed by atoms with van der Waals surface area (Å²) in [6.45, 7) is 0.818. The topological polar surface area (TPSA) is 148 Å². The Labute approximate surface area is 153 Å². The zero-order valence-corrected chi connectivity index (χ0v) is 15.7. The number of carbonyl (C=O) groups is 1. The summed E-state index contributed by atoms with van der Waals surface area (Å²) >= 11 is 0. The highest BCUT2D eigenvalue weighted by atomic mass is 32.2. The first-order valence-corrected chi connectivity index (χ1v) is 10.3. The van der Waals surface area contributed by atoms with Crippen molar-refractivity contribution in [1.82, 2.24) is 13.5 Å². The van der Waals surface area contributed by atoms with Gasteiger partial charge in [-0.05, 0) is 26.2 Å². The van der Waals surface area contributed by atoms with Crippen LogP contribution in [0.2, 0.25) is 6.32 Å². The molecular formula is C14H27BN4O6S. The van der Waals surface area contributed by atoms with Gasteiger partial charge in [-0.2, -0.15) is 17.0 Å². The van der Waals surface area contributed by atoms with Gasteiger partial charge in [0, 0.05) is 44.2 Å². The summed E-state index contributed by atoms with van der Waals surface area (Å²) < 4.78 is 28.8. The number of rotatable bonds is 7. The van der Waals surface area contributed by atoms with Gasteiger partial charge in [-0.3, -0.25) is 4.79 Å². The first-order valence-electron chi connectivity index (χ1n) is 8.93. The molecule has 0 aromatic rings. The van der Waals surface area contributed by atoms with Crippen LogP contribution in [0.15, 0.2) is 0 Å². The number of aliphatic carboxylic acids is 1. The monoisotopic (exact) mass is 390 g/mol. The van der Waals surface area contributed by atoms with Crippen LogP contribution in [-0.2, 0) is 15.0 Å². The molecule has 3 aliphatic rings. The van der Waals surface area contributed by atoms with E-state index in [2.05, 4.69) is 4.90 Å². The van der Waals surface area contributed by atoms with Crippen molar-refractivity contribution in [2.75, 3.05) is 33.2 Å². The van der Waals surface area contributed by atoms with Crippen LogP contribution in [0, 0.1) is 5.92 Å². The molecule has 1 aliphatic carbocycles. The second kappa shape index (κ2) is 7.00. The molecule has 12 heteroatoms. The number of carboxylic acid groups (broad SMARTS) is 1. The number of hydrogen-bond donors (Lipinski definition) is 4. The standard InChI is InChI=1S/C14H27BN4O6S/c1-17-5-6-19(12-7-11(12)17)26(24,25)18-8-10(3-2-4-15(22)23)14(16,9-18)13(20)21/h10-12,22-23H,2-9,16H2,1H3,(H,20,21)/t10-,11-,12+,14-/m0/s1. The van der Waals surface area contributed by atoms with Gasteiger partial charge in [0.15, 0.2) is 0 Å². The molecule has 3 fully saturated rings. The van der Waals surface area contributed by atoms with E-state index in [1.54, 1.807) is 0 Å². The van der Waals surface area contributed by atoms with Gasteiger partial charge in [0.25, 0.3) is 10.2 Å². The second-order valence-electron chi connectivity index (χ2n) is 7.72. The van der Waals surface area contributed by atoms with E-state index in [1.165, 1.54) is 8.61 Å². The Kier molecular flexibility index (Phi) is 5.39. The third kappa shape index (κ3) is 3.51. The van der Waals surface area contributed by atoms with Gasteiger partial charge in [-0.1, -0.05) is 6.42 Å². The van der Waals surface area contributed by atoms with Gasteiger partial charge < -0.3 is 25.8 Å². The number of carboxylic acids is 1. The summed E-state index contributed by atoms with van der Waals surface area (Å²) in [6.07, 6.45) is 1.58. The molecule has 26 heavy (non-hydrogen) atoms. The molecule has 148 valence electrons. The fourth-order valence-corrected chi connectivity index (χ4v) is 6.11. The number of likely N-dealkylation sites (N-methyl/N-ethyl adjacent to an activating group) is 1. The number of fused-ring (bicyclic) bond motifs is 1. The smallest absolute Gasteiger partial charge is 0.451 e. The molecule has 0 bridgehead atoms. The van der Waals surface area contributed by atoms with E-state index in [9.17, 15) is 18.3 Å². The minimum Gasteiger partial charge on any atom is -0.480 e. The van der Waals surface area contributed by atoms with Crippen molar-refractivity contribution >= 4 is 23.3 Å². The number of nitrogens with zero attached hydrogens (tertiary/aromatic N) is 3. The molecule has 1 saturated carbocycles. The zero-order valence-electron chi connectivity index (χ0n) is 14.9. The average Bonchev–Trinajstić information content (AvgIpc) is 3.26. The molecule has 0 aromatic heterocycles. The minimum absolute atomic E-state index is 0.0381. The van der Waals surface area contributed by atoms with Crippen molar-refractivity contribution in [3.8, 4) is 0 Å². The predicted molar refractivity (Wildman–Crippen MR) is 94.3 cm³/mol. The van der Waals surface area contributed by atoms with E-state index in [1.807, 2.05) is 7.05 Å². The molecule has 5 N–H and O–H groups in total. The molecule has 0 aromatic carbocycles. The van der Waals surface area contributed by atoms with E-state index in [4.69, 9.17) is 15.8 Å². The maximum Gasteiger partial charge on any atom is 0.451 e. The lowest BCUT2D eigenvalue weighted by molar-refractivity contribution is -0.144. The Bertz CT molecular complexity index is 664. The molecule has 4 atom stereocenters. The van der Waals surface area contributed by atoms with Crippen molar-refractivity contribution in [2.45, 2.75) is 43.2 Å². The van der Waals surface area contributed by atoms with Crippen LogP contribution in [-0.4, -0.2) is 101 Å². The van der Waals surface area contributed by atoms with Crippen LogP contribution in [0.3, 0.4) is 0 Å². The van der Waals surface area contributed by atoms with Gasteiger partial charge >= 0.3 is 13.1 Å². The quantitative estimate of drug-likeness (QED) is 0.351. The lowest BCUT2D eigenvalue weighted by Gasteiger charge is -2.33. The summed E-state index contributed by atoms with van der Waals surface area (Å²) in [7, 11) is -3.26. The predicted octanol–water partition coefficient (Wildman–Crippen LogP) is -2.41. The fraction of sp³-hybridized carbons (Fsp3) is 0.929. The van der Waals surface area contributed by atoms with Gasteiger partial charge in [0.2, 0.25) is 0 Å².